The minimum absolute atomic E-state index is 0.209. The first-order valence-corrected chi connectivity index (χ1v) is 8.59. The molecule has 6 heteroatoms. The predicted molar refractivity (Wildman–Crippen MR) is 89.8 cm³/mol. The Hall–Kier alpha value is -1.82. The Morgan fingerprint density at radius 3 is 2.73 bits per heavy atom. The molecule has 1 saturated heterocycles. The molecule has 1 amide bonds. The lowest BCUT2D eigenvalue weighted by atomic mass is 10.2. The summed E-state index contributed by atoms with van der Waals surface area (Å²) in [6, 6.07) is 6.47. The van der Waals surface area contributed by atoms with Crippen molar-refractivity contribution >= 4 is 32.8 Å². The molecule has 1 aromatic heterocycles. The molecule has 5 nitrogen and oxygen atoms in total. The minimum Gasteiger partial charge on any atom is -0.450 e. The SMILES string of the molecule is CCOC(=O)N1CCN(c2nc3ccc(CC)cc3s2)CC1. The number of ether oxygens (including phenoxy) is 1. The standard InChI is InChI=1S/C16H21N3O2S/c1-3-12-5-6-13-14(11-12)22-15(17-13)18-7-9-19(10-8-18)16(20)21-4-2/h5-6,11H,3-4,7-10H2,1-2H3. The van der Waals surface area contributed by atoms with Crippen LogP contribution < -0.4 is 4.90 Å². The molecule has 0 bridgehead atoms. The lowest BCUT2D eigenvalue weighted by Crippen LogP contribution is -2.48. The number of rotatable bonds is 3. The Morgan fingerprint density at radius 2 is 2.05 bits per heavy atom. The highest BCUT2D eigenvalue weighted by molar-refractivity contribution is 7.22. The van der Waals surface area contributed by atoms with E-state index in [1.54, 1.807) is 16.2 Å². The van der Waals surface area contributed by atoms with Gasteiger partial charge >= 0.3 is 6.09 Å². The summed E-state index contributed by atoms with van der Waals surface area (Å²) in [5.74, 6) is 0. The van der Waals surface area contributed by atoms with Crippen LogP contribution in [0.25, 0.3) is 10.2 Å². The molecule has 0 saturated carbocycles. The van der Waals surface area contributed by atoms with E-state index in [-0.39, 0.29) is 6.09 Å². The van der Waals surface area contributed by atoms with Crippen molar-refractivity contribution in [2.24, 2.45) is 0 Å². The number of amides is 1. The average Bonchev–Trinajstić information content (AvgIpc) is 2.98. The van der Waals surface area contributed by atoms with Gasteiger partial charge in [-0.3, -0.25) is 0 Å². The summed E-state index contributed by atoms with van der Waals surface area (Å²) in [6.45, 7) is 7.41. The summed E-state index contributed by atoms with van der Waals surface area (Å²) in [5.41, 5.74) is 2.40. The zero-order valence-corrected chi connectivity index (χ0v) is 13.9. The predicted octanol–water partition coefficient (Wildman–Crippen LogP) is 3.14. The van der Waals surface area contributed by atoms with Crippen LogP contribution in [0.5, 0.6) is 0 Å². The molecule has 1 aromatic carbocycles. The largest absolute Gasteiger partial charge is 0.450 e. The zero-order valence-electron chi connectivity index (χ0n) is 13.0. The van der Waals surface area contributed by atoms with Crippen LogP contribution in [0.1, 0.15) is 19.4 Å². The summed E-state index contributed by atoms with van der Waals surface area (Å²) in [5, 5.41) is 1.05. The zero-order chi connectivity index (χ0) is 15.5. The van der Waals surface area contributed by atoms with Crippen LogP contribution in [0.15, 0.2) is 18.2 Å². The van der Waals surface area contributed by atoms with Gasteiger partial charge in [-0.15, -0.1) is 0 Å². The summed E-state index contributed by atoms with van der Waals surface area (Å²) >= 11 is 1.73. The maximum absolute atomic E-state index is 11.7. The second kappa shape index (κ2) is 6.52. The maximum Gasteiger partial charge on any atom is 0.409 e. The van der Waals surface area contributed by atoms with E-state index < -0.39 is 0 Å². The number of anilines is 1. The van der Waals surface area contributed by atoms with Gasteiger partial charge in [0.15, 0.2) is 5.13 Å². The molecule has 2 aromatic rings. The van der Waals surface area contributed by atoms with Gasteiger partial charge in [0.05, 0.1) is 16.8 Å². The van der Waals surface area contributed by atoms with Gasteiger partial charge in [-0.05, 0) is 31.0 Å². The van der Waals surface area contributed by atoms with Gasteiger partial charge in [-0.25, -0.2) is 9.78 Å². The molecule has 0 N–H and O–H groups in total. The molecule has 2 heterocycles. The third-order valence-electron chi connectivity index (χ3n) is 3.93. The molecule has 1 aliphatic rings. The molecule has 118 valence electrons. The molecule has 3 rings (SSSR count). The summed E-state index contributed by atoms with van der Waals surface area (Å²) < 4.78 is 6.29. The first kappa shape index (κ1) is 15.1. The van der Waals surface area contributed by atoms with E-state index in [0.29, 0.717) is 19.7 Å². The first-order valence-electron chi connectivity index (χ1n) is 7.77. The van der Waals surface area contributed by atoms with Crippen molar-refractivity contribution in [1.82, 2.24) is 9.88 Å². The quantitative estimate of drug-likeness (QED) is 0.872. The van der Waals surface area contributed by atoms with Gasteiger partial charge in [0, 0.05) is 26.2 Å². The molecular formula is C16H21N3O2S. The molecule has 1 aliphatic heterocycles. The van der Waals surface area contributed by atoms with Crippen LogP contribution in [0.4, 0.5) is 9.93 Å². The number of piperazine rings is 1. The number of nitrogens with zero attached hydrogens (tertiary/aromatic N) is 3. The molecule has 0 spiro atoms. The van der Waals surface area contributed by atoms with Crippen LogP contribution in [-0.2, 0) is 11.2 Å². The van der Waals surface area contributed by atoms with Crippen molar-refractivity contribution in [2.45, 2.75) is 20.3 Å². The number of carbonyl (C=O) groups excluding carboxylic acids is 1. The molecule has 0 atom stereocenters. The normalized spacial score (nSPS) is 15.4. The topological polar surface area (TPSA) is 45.7 Å². The van der Waals surface area contributed by atoms with E-state index in [1.807, 2.05) is 6.92 Å². The van der Waals surface area contributed by atoms with Crippen molar-refractivity contribution in [2.75, 3.05) is 37.7 Å². The fourth-order valence-electron chi connectivity index (χ4n) is 2.61. The Bertz CT molecular complexity index is 662. The van der Waals surface area contributed by atoms with Gasteiger partial charge in [0.25, 0.3) is 0 Å². The van der Waals surface area contributed by atoms with Crippen molar-refractivity contribution < 1.29 is 9.53 Å². The van der Waals surface area contributed by atoms with Crippen molar-refractivity contribution in [3.05, 3.63) is 23.8 Å². The fraction of sp³-hybridized carbons (Fsp3) is 0.500. The molecular weight excluding hydrogens is 298 g/mol. The number of thiazole rings is 1. The summed E-state index contributed by atoms with van der Waals surface area (Å²) in [7, 11) is 0. The third kappa shape index (κ3) is 3.02. The Morgan fingerprint density at radius 1 is 1.27 bits per heavy atom. The number of hydrogen-bond donors (Lipinski definition) is 0. The van der Waals surface area contributed by atoms with Gasteiger partial charge in [0.2, 0.25) is 0 Å². The van der Waals surface area contributed by atoms with E-state index in [4.69, 9.17) is 9.72 Å². The fourth-order valence-corrected chi connectivity index (χ4v) is 3.69. The third-order valence-corrected chi connectivity index (χ3v) is 5.00. The van der Waals surface area contributed by atoms with Crippen molar-refractivity contribution in [3.63, 3.8) is 0 Å². The Labute approximate surface area is 134 Å². The monoisotopic (exact) mass is 319 g/mol. The van der Waals surface area contributed by atoms with E-state index in [1.165, 1.54) is 10.3 Å². The highest BCUT2D eigenvalue weighted by Gasteiger charge is 2.23. The lowest BCUT2D eigenvalue weighted by Gasteiger charge is -2.33. The maximum atomic E-state index is 11.7. The van der Waals surface area contributed by atoms with Crippen LogP contribution in [0, 0.1) is 0 Å². The van der Waals surface area contributed by atoms with E-state index in [0.717, 1.165) is 30.2 Å². The average molecular weight is 319 g/mol. The number of hydrogen-bond acceptors (Lipinski definition) is 5. The number of carbonyl (C=O) groups is 1. The highest BCUT2D eigenvalue weighted by atomic mass is 32.1. The van der Waals surface area contributed by atoms with Gasteiger partial charge in [-0.2, -0.15) is 0 Å². The van der Waals surface area contributed by atoms with Gasteiger partial charge < -0.3 is 14.5 Å². The Balaban J connectivity index is 1.69. The number of aromatic nitrogens is 1. The smallest absolute Gasteiger partial charge is 0.409 e. The van der Waals surface area contributed by atoms with Crippen molar-refractivity contribution in [3.8, 4) is 0 Å². The summed E-state index contributed by atoms with van der Waals surface area (Å²) in [4.78, 5) is 20.5. The van der Waals surface area contributed by atoms with Crippen LogP contribution in [0.2, 0.25) is 0 Å². The lowest BCUT2D eigenvalue weighted by molar-refractivity contribution is 0.105. The molecule has 0 unspecified atom stereocenters. The van der Waals surface area contributed by atoms with Crippen molar-refractivity contribution in [1.29, 1.82) is 0 Å². The van der Waals surface area contributed by atoms with E-state index in [9.17, 15) is 4.79 Å². The molecule has 22 heavy (non-hydrogen) atoms. The molecule has 1 fully saturated rings. The Kier molecular flexibility index (Phi) is 4.47. The number of fused-ring (bicyclic) bond motifs is 1. The highest BCUT2D eigenvalue weighted by Crippen LogP contribution is 2.30. The van der Waals surface area contributed by atoms with Crippen LogP contribution >= 0.6 is 11.3 Å². The second-order valence-corrected chi connectivity index (χ2v) is 6.33. The van der Waals surface area contributed by atoms with E-state index in [2.05, 4.69) is 30.0 Å². The number of benzene rings is 1. The van der Waals surface area contributed by atoms with Gasteiger partial charge in [-0.1, -0.05) is 24.3 Å². The second-order valence-electron chi connectivity index (χ2n) is 5.33. The van der Waals surface area contributed by atoms with E-state index >= 15 is 0 Å². The van der Waals surface area contributed by atoms with Gasteiger partial charge in [0.1, 0.15) is 0 Å². The minimum atomic E-state index is -0.209. The first-order chi connectivity index (χ1) is 10.7. The summed E-state index contributed by atoms with van der Waals surface area (Å²) in [6.07, 6.45) is 0.834. The van der Waals surface area contributed by atoms with Crippen LogP contribution in [0.3, 0.4) is 0 Å². The molecule has 0 aliphatic carbocycles. The van der Waals surface area contributed by atoms with Crippen LogP contribution in [-0.4, -0.2) is 48.8 Å². The number of aryl methyl sites for hydroxylation is 1. The molecule has 0 radical (unpaired) electrons.